The lowest BCUT2D eigenvalue weighted by Crippen LogP contribution is -2.49. The molecule has 0 spiro atoms. The van der Waals surface area contributed by atoms with Crippen LogP contribution in [-0.4, -0.2) is 79.8 Å². The van der Waals surface area contributed by atoms with E-state index in [9.17, 15) is 22.8 Å². The molecule has 2 saturated heterocycles. The molecule has 2 aromatic carbocycles. The highest BCUT2D eigenvalue weighted by Gasteiger charge is 2.37. The molecule has 0 aliphatic carbocycles. The molecule has 2 aliphatic heterocycles. The quantitative estimate of drug-likeness (QED) is 0.282. The van der Waals surface area contributed by atoms with Crippen LogP contribution < -0.4 is 5.32 Å². The number of anilines is 1. The van der Waals surface area contributed by atoms with Crippen LogP contribution in [0.1, 0.15) is 22.3 Å². The average molecular weight is 597 g/mol. The Morgan fingerprint density at radius 1 is 1.25 bits per heavy atom. The van der Waals surface area contributed by atoms with Crippen LogP contribution in [-0.2, 0) is 27.0 Å². The van der Waals surface area contributed by atoms with E-state index in [0.717, 1.165) is 37.1 Å². The predicted molar refractivity (Wildman–Crippen MR) is 149 cm³/mol. The minimum absolute atomic E-state index is 0.00865. The molecular formula is C27H28ClF3N4O4S. The van der Waals surface area contributed by atoms with Crippen LogP contribution in [0.15, 0.2) is 41.3 Å². The van der Waals surface area contributed by atoms with E-state index in [1.54, 1.807) is 31.4 Å². The van der Waals surface area contributed by atoms with Gasteiger partial charge in [-0.05, 0) is 53.2 Å². The number of imide groups is 1. The number of nitrogens with one attached hydrogen (secondary N) is 2. The van der Waals surface area contributed by atoms with Crippen molar-refractivity contribution in [2.75, 3.05) is 51.8 Å². The van der Waals surface area contributed by atoms with Crippen LogP contribution in [0.5, 0.6) is 0 Å². The van der Waals surface area contributed by atoms with Crippen LogP contribution in [0.2, 0.25) is 5.02 Å². The van der Waals surface area contributed by atoms with Gasteiger partial charge in [-0.25, -0.2) is 0 Å². The molecule has 40 heavy (non-hydrogen) atoms. The van der Waals surface area contributed by atoms with Gasteiger partial charge in [-0.2, -0.15) is 13.2 Å². The minimum atomic E-state index is -4.56. The van der Waals surface area contributed by atoms with Crippen molar-refractivity contribution in [1.29, 1.82) is 5.41 Å². The van der Waals surface area contributed by atoms with Crippen LogP contribution in [0, 0.1) is 5.41 Å². The van der Waals surface area contributed by atoms with Crippen molar-refractivity contribution in [3.05, 3.63) is 68.6 Å². The Balaban J connectivity index is 1.44. The number of halogens is 4. The summed E-state index contributed by atoms with van der Waals surface area (Å²) in [5.41, 5.74) is 0.585. The van der Waals surface area contributed by atoms with E-state index in [1.807, 2.05) is 0 Å². The van der Waals surface area contributed by atoms with Crippen LogP contribution in [0.4, 0.5) is 23.7 Å². The molecule has 2 amide bonds. The zero-order chi connectivity index (χ0) is 28.9. The molecule has 214 valence electrons. The molecule has 0 unspecified atom stereocenters. The highest BCUT2D eigenvalue weighted by molar-refractivity contribution is 8.18. The number of methoxy groups -OCH3 is 1. The first-order chi connectivity index (χ1) is 19.1. The van der Waals surface area contributed by atoms with Gasteiger partial charge in [0.15, 0.2) is 0 Å². The fourth-order valence-corrected chi connectivity index (χ4v) is 5.46. The number of hydrogen-bond acceptors (Lipinski definition) is 8. The Labute approximate surface area is 238 Å². The molecular weight excluding hydrogens is 569 g/mol. The van der Waals surface area contributed by atoms with Gasteiger partial charge in [0, 0.05) is 55.8 Å². The van der Waals surface area contributed by atoms with Gasteiger partial charge in [0.25, 0.3) is 11.1 Å². The maximum Gasteiger partial charge on any atom is 0.416 e. The first-order valence-corrected chi connectivity index (χ1v) is 13.6. The molecule has 2 N–H and O–H groups in total. The highest BCUT2D eigenvalue weighted by atomic mass is 35.5. The molecule has 2 heterocycles. The third kappa shape index (κ3) is 7.43. The molecule has 8 nitrogen and oxygen atoms in total. The lowest BCUT2D eigenvalue weighted by Gasteiger charge is -2.33. The highest BCUT2D eigenvalue weighted by Crippen LogP contribution is 2.35. The number of nitrogens with zero attached hydrogens (tertiary/aromatic N) is 2. The molecule has 2 aliphatic rings. The summed E-state index contributed by atoms with van der Waals surface area (Å²) < 4.78 is 51.2. The van der Waals surface area contributed by atoms with Crippen molar-refractivity contribution in [2.24, 2.45) is 0 Å². The smallest absolute Gasteiger partial charge is 0.383 e. The molecule has 0 aromatic heterocycles. The van der Waals surface area contributed by atoms with E-state index < -0.39 is 17.6 Å². The van der Waals surface area contributed by atoms with E-state index >= 15 is 0 Å². The van der Waals surface area contributed by atoms with Gasteiger partial charge >= 0.3 is 6.18 Å². The van der Waals surface area contributed by atoms with Gasteiger partial charge in [0.1, 0.15) is 0 Å². The molecule has 4 rings (SSSR count). The SMILES string of the molecule is COCCN1CCO[C@H](CN2C(=O)S/C(=C\c3ccc(NCc4ccc(Cl)cc4C(F)(F)F)c(C=N)c3)C2=O)C1. The van der Waals surface area contributed by atoms with Crippen molar-refractivity contribution in [2.45, 2.75) is 18.8 Å². The summed E-state index contributed by atoms with van der Waals surface area (Å²) in [4.78, 5) is 29.3. The van der Waals surface area contributed by atoms with Crippen molar-refractivity contribution < 1.29 is 32.2 Å². The van der Waals surface area contributed by atoms with Crippen LogP contribution in [0.25, 0.3) is 6.08 Å². The Kier molecular flexibility index (Phi) is 9.90. The largest absolute Gasteiger partial charge is 0.416 e. The standard InChI is InChI=1S/C27H28ClF3N4O4S/c1-38-8-6-34-7-9-39-21(15-34)16-35-25(36)24(40-26(35)37)11-17-2-5-23(19(10-17)13-32)33-14-18-3-4-20(28)12-22(18)27(29,30)31/h2-5,10-13,21,32-33H,6-9,14-16H2,1H3/b24-11-,32-13?/t21-/m0/s1. The second-order valence-electron chi connectivity index (χ2n) is 9.22. The number of hydrogen-bond donors (Lipinski definition) is 2. The maximum absolute atomic E-state index is 13.4. The number of carbonyl (C=O) groups excluding carboxylic acids is 2. The summed E-state index contributed by atoms with van der Waals surface area (Å²) in [6.45, 7) is 3.16. The van der Waals surface area contributed by atoms with Crippen LogP contribution in [0.3, 0.4) is 0 Å². The molecule has 13 heteroatoms. The second-order valence-corrected chi connectivity index (χ2v) is 10.7. The second kappa shape index (κ2) is 13.2. The number of thioether (sulfide) groups is 1. The molecule has 0 bridgehead atoms. The summed E-state index contributed by atoms with van der Waals surface area (Å²) >= 11 is 6.59. The van der Waals surface area contributed by atoms with Gasteiger partial charge in [-0.1, -0.05) is 23.7 Å². The van der Waals surface area contributed by atoms with Gasteiger partial charge in [-0.3, -0.25) is 19.4 Å². The van der Waals surface area contributed by atoms with Crippen molar-refractivity contribution >= 4 is 52.5 Å². The molecule has 2 fully saturated rings. The number of ether oxygens (including phenoxy) is 2. The fraction of sp³-hybridized carbons (Fsp3) is 0.370. The zero-order valence-electron chi connectivity index (χ0n) is 21.6. The molecule has 0 radical (unpaired) electrons. The summed E-state index contributed by atoms with van der Waals surface area (Å²) in [7, 11) is 1.63. The zero-order valence-corrected chi connectivity index (χ0v) is 23.2. The van der Waals surface area contributed by atoms with Crippen molar-refractivity contribution in [1.82, 2.24) is 9.80 Å². The average Bonchev–Trinajstić information content (AvgIpc) is 3.18. The fourth-order valence-electron chi connectivity index (χ4n) is 4.44. The first kappa shape index (κ1) is 30.1. The van der Waals surface area contributed by atoms with Crippen molar-refractivity contribution in [3.63, 3.8) is 0 Å². The van der Waals surface area contributed by atoms with Gasteiger partial charge in [-0.15, -0.1) is 0 Å². The van der Waals surface area contributed by atoms with E-state index in [2.05, 4.69) is 10.2 Å². The van der Waals surface area contributed by atoms with Gasteiger partial charge < -0.3 is 20.2 Å². The summed E-state index contributed by atoms with van der Waals surface area (Å²) in [5.74, 6) is -0.423. The monoisotopic (exact) mass is 596 g/mol. The number of alkyl halides is 3. The lowest BCUT2D eigenvalue weighted by atomic mass is 10.1. The normalized spacial score (nSPS) is 19.5. The van der Waals surface area contributed by atoms with E-state index in [0.29, 0.717) is 36.6 Å². The molecule has 1 atom stereocenters. The summed E-state index contributed by atoms with van der Waals surface area (Å²) in [5, 5.41) is 10.3. The van der Waals surface area contributed by atoms with E-state index in [4.69, 9.17) is 26.5 Å². The topological polar surface area (TPSA) is 95.0 Å². The Bertz CT molecular complexity index is 1310. The minimum Gasteiger partial charge on any atom is -0.383 e. The molecule has 2 aromatic rings. The Hall–Kier alpha value is -2.90. The number of amides is 2. The summed E-state index contributed by atoms with van der Waals surface area (Å²) in [6, 6.07) is 8.47. The third-order valence-corrected chi connectivity index (χ3v) is 7.61. The maximum atomic E-state index is 13.4. The lowest BCUT2D eigenvalue weighted by molar-refractivity contribution is -0.138. The Morgan fingerprint density at radius 2 is 2.05 bits per heavy atom. The number of benzene rings is 2. The predicted octanol–water partition coefficient (Wildman–Crippen LogP) is 5.35. The Morgan fingerprint density at radius 3 is 2.77 bits per heavy atom. The number of morpholine rings is 1. The van der Waals surface area contributed by atoms with Crippen molar-refractivity contribution in [3.8, 4) is 0 Å². The van der Waals surface area contributed by atoms with Gasteiger partial charge in [0.2, 0.25) is 0 Å². The van der Waals surface area contributed by atoms with E-state index in [-0.39, 0.29) is 39.9 Å². The third-order valence-electron chi connectivity index (χ3n) is 6.47. The van der Waals surface area contributed by atoms with E-state index in [1.165, 1.54) is 17.0 Å². The summed E-state index contributed by atoms with van der Waals surface area (Å²) in [6.07, 6.45) is -2.24. The van der Waals surface area contributed by atoms with Gasteiger partial charge in [0.05, 0.1) is 36.3 Å². The number of carbonyl (C=O) groups is 2. The number of rotatable bonds is 10. The molecule has 0 saturated carbocycles. The van der Waals surface area contributed by atoms with Crippen LogP contribution >= 0.6 is 23.4 Å². The first-order valence-electron chi connectivity index (χ1n) is 12.4.